The van der Waals surface area contributed by atoms with Gasteiger partial charge in [0.1, 0.15) is 6.33 Å². The molecule has 2 amide bonds. The molecule has 116 valence electrons. The second kappa shape index (κ2) is 9.68. The van der Waals surface area contributed by atoms with Crippen LogP contribution < -0.4 is 10.6 Å². The summed E-state index contributed by atoms with van der Waals surface area (Å²) in [6.07, 6.45) is 8.01. The summed E-state index contributed by atoms with van der Waals surface area (Å²) in [4.78, 5) is 29.9. The molecule has 0 saturated heterocycles. The first kappa shape index (κ1) is 16.9. The third-order valence-electron chi connectivity index (χ3n) is 3.12. The van der Waals surface area contributed by atoms with Gasteiger partial charge in [0.05, 0.1) is 18.1 Å². The Morgan fingerprint density at radius 2 is 1.95 bits per heavy atom. The van der Waals surface area contributed by atoms with Gasteiger partial charge in [0.25, 0.3) is 0 Å². The molecule has 7 heteroatoms. The van der Waals surface area contributed by atoms with E-state index in [2.05, 4.69) is 27.5 Å². The Morgan fingerprint density at radius 3 is 2.57 bits per heavy atom. The van der Waals surface area contributed by atoms with E-state index in [-0.39, 0.29) is 12.5 Å². The number of carbonyl (C=O) groups excluding carboxylic acids is 1. The molecule has 0 radical (unpaired) electrons. The molecule has 1 rings (SSSR count). The highest BCUT2D eigenvalue weighted by Crippen LogP contribution is 2.17. The van der Waals surface area contributed by atoms with Crippen LogP contribution in [0.25, 0.3) is 0 Å². The number of nitrogens with zero attached hydrogens (tertiary/aromatic N) is 2. The van der Waals surface area contributed by atoms with Crippen molar-refractivity contribution in [2.24, 2.45) is 5.92 Å². The Bertz CT molecular complexity index is 439. The average molecular weight is 294 g/mol. The molecule has 0 fully saturated rings. The van der Waals surface area contributed by atoms with Crippen molar-refractivity contribution in [3.05, 3.63) is 18.7 Å². The molecule has 0 spiro atoms. The largest absolute Gasteiger partial charge is 0.481 e. The van der Waals surface area contributed by atoms with Crippen LogP contribution in [0, 0.1) is 5.92 Å². The zero-order valence-electron chi connectivity index (χ0n) is 12.2. The van der Waals surface area contributed by atoms with Crippen LogP contribution in [0.2, 0.25) is 0 Å². The Hall–Kier alpha value is -2.18. The Morgan fingerprint density at radius 1 is 1.24 bits per heavy atom. The van der Waals surface area contributed by atoms with Crippen LogP contribution in [0.3, 0.4) is 0 Å². The average Bonchev–Trinajstić information content (AvgIpc) is 2.45. The number of carboxylic acids is 1. The van der Waals surface area contributed by atoms with Gasteiger partial charge in [0.15, 0.2) is 0 Å². The molecule has 0 aromatic carbocycles. The predicted molar refractivity (Wildman–Crippen MR) is 78.9 cm³/mol. The lowest BCUT2D eigenvalue weighted by Gasteiger charge is -2.15. The summed E-state index contributed by atoms with van der Waals surface area (Å²) < 4.78 is 0. The first-order valence-electron chi connectivity index (χ1n) is 7.13. The maximum atomic E-state index is 11.6. The van der Waals surface area contributed by atoms with E-state index in [0.29, 0.717) is 24.6 Å². The zero-order valence-corrected chi connectivity index (χ0v) is 12.2. The van der Waals surface area contributed by atoms with Gasteiger partial charge in [-0.05, 0) is 18.8 Å². The molecule has 1 aromatic rings. The fraction of sp³-hybridized carbons (Fsp3) is 0.571. The Balaban J connectivity index is 2.26. The number of hydrogen-bond acceptors (Lipinski definition) is 4. The molecule has 1 heterocycles. The van der Waals surface area contributed by atoms with Gasteiger partial charge in [-0.2, -0.15) is 0 Å². The Kier molecular flexibility index (Phi) is 7.78. The number of aromatic nitrogens is 2. The predicted octanol–water partition coefficient (Wildman–Crippen LogP) is 2.27. The number of carboxylic acid groups (broad SMARTS) is 1. The van der Waals surface area contributed by atoms with E-state index in [9.17, 15) is 9.59 Å². The van der Waals surface area contributed by atoms with Gasteiger partial charge in [-0.1, -0.05) is 19.8 Å². The molecule has 0 aliphatic heterocycles. The normalized spacial score (nSPS) is 11.7. The number of nitrogens with one attached hydrogen (secondary N) is 2. The summed E-state index contributed by atoms with van der Waals surface area (Å²) in [7, 11) is 0. The number of urea groups is 1. The summed E-state index contributed by atoms with van der Waals surface area (Å²) in [5.41, 5.74) is 0.533. The standard InChI is InChI=1S/C14H22N4O3/c1-2-3-11(4-5-13(19)20)6-7-17-14(21)18-12-8-15-10-16-9-12/h8-11H,2-7H2,1H3,(H,19,20)(H2,17,18,21). The SMILES string of the molecule is CCCC(CCNC(=O)Nc1cncnc1)CCC(=O)O. The van der Waals surface area contributed by atoms with Gasteiger partial charge >= 0.3 is 12.0 Å². The van der Waals surface area contributed by atoms with Crippen molar-refractivity contribution >= 4 is 17.7 Å². The molecular formula is C14H22N4O3. The lowest BCUT2D eigenvalue weighted by atomic mass is 9.94. The maximum Gasteiger partial charge on any atom is 0.319 e. The third kappa shape index (κ3) is 7.86. The van der Waals surface area contributed by atoms with Crippen LogP contribution >= 0.6 is 0 Å². The van der Waals surface area contributed by atoms with Crippen molar-refractivity contribution in [1.82, 2.24) is 15.3 Å². The number of anilines is 1. The topological polar surface area (TPSA) is 104 Å². The van der Waals surface area contributed by atoms with E-state index in [1.165, 1.54) is 18.7 Å². The first-order valence-corrected chi connectivity index (χ1v) is 7.13. The molecular weight excluding hydrogens is 272 g/mol. The molecule has 1 aromatic heterocycles. The van der Waals surface area contributed by atoms with Crippen LogP contribution in [0.4, 0.5) is 10.5 Å². The molecule has 3 N–H and O–H groups in total. The van der Waals surface area contributed by atoms with Gasteiger partial charge in [-0.3, -0.25) is 4.79 Å². The van der Waals surface area contributed by atoms with Crippen molar-refractivity contribution in [3.8, 4) is 0 Å². The van der Waals surface area contributed by atoms with E-state index < -0.39 is 5.97 Å². The smallest absolute Gasteiger partial charge is 0.319 e. The molecule has 21 heavy (non-hydrogen) atoms. The molecule has 7 nitrogen and oxygen atoms in total. The number of aliphatic carboxylic acids is 1. The minimum absolute atomic E-state index is 0.179. The number of amides is 2. The highest BCUT2D eigenvalue weighted by molar-refractivity contribution is 5.88. The summed E-state index contributed by atoms with van der Waals surface area (Å²) >= 11 is 0. The van der Waals surface area contributed by atoms with Crippen molar-refractivity contribution in [1.29, 1.82) is 0 Å². The second-order valence-electron chi connectivity index (χ2n) is 4.88. The number of hydrogen-bond donors (Lipinski definition) is 3. The fourth-order valence-electron chi connectivity index (χ4n) is 2.10. The van der Waals surface area contributed by atoms with Gasteiger partial charge in [0, 0.05) is 13.0 Å². The van der Waals surface area contributed by atoms with Gasteiger partial charge in [-0.15, -0.1) is 0 Å². The van der Waals surface area contributed by atoms with Crippen LogP contribution in [-0.4, -0.2) is 33.6 Å². The van der Waals surface area contributed by atoms with Crippen LogP contribution in [0.1, 0.15) is 39.0 Å². The van der Waals surface area contributed by atoms with E-state index in [1.54, 1.807) is 0 Å². The molecule has 0 saturated carbocycles. The quantitative estimate of drug-likeness (QED) is 0.648. The van der Waals surface area contributed by atoms with Crippen molar-refractivity contribution < 1.29 is 14.7 Å². The molecule has 0 bridgehead atoms. The van der Waals surface area contributed by atoms with Crippen LogP contribution in [-0.2, 0) is 4.79 Å². The molecule has 0 aliphatic rings. The van der Waals surface area contributed by atoms with E-state index in [1.807, 2.05) is 0 Å². The van der Waals surface area contributed by atoms with Crippen molar-refractivity contribution in [2.75, 3.05) is 11.9 Å². The van der Waals surface area contributed by atoms with E-state index >= 15 is 0 Å². The van der Waals surface area contributed by atoms with Crippen LogP contribution in [0.15, 0.2) is 18.7 Å². The molecule has 1 atom stereocenters. The first-order chi connectivity index (χ1) is 10.1. The van der Waals surface area contributed by atoms with E-state index in [0.717, 1.165) is 19.3 Å². The minimum Gasteiger partial charge on any atom is -0.481 e. The summed E-state index contributed by atoms with van der Waals surface area (Å²) in [5.74, 6) is -0.447. The lowest BCUT2D eigenvalue weighted by Crippen LogP contribution is -2.30. The zero-order chi connectivity index (χ0) is 15.5. The Labute approximate surface area is 124 Å². The maximum absolute atomic E-state index is 11.6. The van der Waals surface area contributed by atoms with Crippen molar-refractivity contribution in [2.45, 2.75) is 39.0 Å². The van der Waals surface area contributed by atoms with Gasteiger partial charge < -0.3 is 15.7 Å². The van der Waals surface area contributed by atoms with Gasteiger partial charge in [-0.25, -0.2) is 14.8 Å². The molecule has 1 unspecified atom stereocenters. The summed E-state index contributed by atoms with van der Waals surface area (Å²) in [6.45, 7) is 2.59. The van der Waals surface area contributed by atoms with E-state index in [4.69, 9.17) is 5.11 Å². The second-order valence-corrected chi connectivity index (χ2v) is 4.88. The highest BCUT2D eigenvalue weighted by atomic mass is 16.4. The monoisotopic (exact) mass is 294 g/mol. The highest BCUT2D eigenvalue weighted by Gasteiger charge is 2.11. The summed E-state index contributed by atoms with van der Waals surface area (Å²) in [6, 6.07) is -0.307. The molecule has 0 aliphatic carbocycles. The van der Waals surface area contributed by atoms with Crippen LogP contribution in [0.5, 0.6) is 0 Å². The fourth-order valence-corrected chi connectivity index (χ4v) is 2.10. The van der Waals surface area contributed by atoms with Gasteiger partial charge in [0.2, 0.25) is 0 Å². The lowest BCUT2D eigenvalue weighted by molar-refractivity contribution is -0.137. The minimum atomic E-state index is -0.772. The summed E-state index contributed by atoms with van der Waals surface area (Å²) in [5, 5.41) is 14.1. The van der Waals surface area contributed by atoms with Crippen molar-refractivity contribution in [3.63, 3.8) is 0 Å². The third-order valence-corrected chi connectivity index (χ3v) is 3.12. The number of rotatable bonds is 9. The number of carbonyl (C=O) groups is 2.